The molecule has 0 fully saturated rings. The Morgan fingerprint density at radius 3 is 2.27 bits per heavy atom. The van der Waals surface area contributed by atoms with E-state index in [0.717, 1.165) is 4.31 Å². The summed E-state index contributed by atoms with van der Waals surface area (Å²) in [6.07, 6.45) is 0. The van der Waals surface area contributed by atoms with Crippen molar-refractivity contribution in [1.82, 2.24) is 4.31 Å². The molecule has 0 aromatic heterocycles. The summed E-state index contributed by atoms with van der Waals surface area (Å²) in [5, 5.41) is -0.000447. The second kappa shape index (κ2) is 6.84. The summed E-state index contributed by atoms with van der Waals surface area (Å²) in [5.74, 6) is -0.474. The van der Waals surface area contributed by atoms with Gasteiger partial charge in [-0.25, -0.2) is 12.8 Å². The fraction of sp³-hybridized carbons (Fsp3) is 0.143. The minimum absolute atomic E-state index is 0.000224. The Labute approximate surface area is 146 Å². The standard InChI is InChI=1S/C14H11BrCl2FNO2S/c1-19(8-9-4-2-3-5-13(9)18)22(20,21)14-11(16)6-10(15)7-12(14)17/h2-7H,8H2,1H3. The number of nitrogens with zero attached hydrogens (tertiary/aromatic N) is 1. The summed E-state index contributed by atoms with van der Waals surface area (Å²) < 4.78 is 40.5. The van der Waals surface area contributed by atoms with Crippen LogP contribution in [0.4, 0.5) is 4.39 Å². The molecule has 0 radical (unpaired) electrons. The van der Waals surface area contributed by atoms with E-state index >= 15 is 0 Å². The monoisotopic (exact) mass is 425 g/mol. The van der Waals surface area contributed by atoms with Gasteiger partial charge in [0.05, 0.1) is 10.0 Å². The van der Waals surface area contributed by atoms with Crippen molar-refractivity contribution in [1.29, 1.82) is 0 Å². The summed E-state index contributed by atoms with van der Waals surface area (Å²) in [6, 6.07) is 8.85. The van der Waals surface area contributed by atoms with Gasteiger partial charge >= 0.3 is 0 Å². The maximum atomic E-state index is 13.7. The smallest absolute Gasteiger partial charge is 0.207 e. The molecule has 2 rings (SSSR count). The highest BCUT2D eigenvalue weighted by Crippen LogP contribution is 2.34. The van der Waals surface area contributed by atoms with Gasteiger partial charge in [-0.3, -0.25) is 0 Å². The van der Waals surface area contributed by atoms with E-state index < -0.39 is 15.8 Å². The molecule has 118 valence electrons. The number of halogens is 4. The third kappa shape index (κ3) is 3.63. The van der Waals surface area contributed by atoms with Crippen molar-refractivity contribution >= 4 is 49.2 Å². The Morgan fingerprint density at radius 1 is 1.18 bits per heavy atom. The van der Waals surface area contributed by atoms with Crippen molar-refractivity contribution < 1.29 is 12.8 Å². The Hall–Kier alpha value is -0.660. The second-order valence-electron chi connectivity index (χ2n) is 4.55. The summed E-state index contributed by atoms with van der Waals surface area (Å²) in [4.78, 5) is -0.196. The third-order valence-electron chi connectivity index (χ3n) is 2.98. The number of benzene rings is 2. The SMILES string of the molecule is CN(Cc1ccccc1F)S(=O)(=O)c1c(Cl)cc(Br)cc1Cl. The topological polar surface area (TPSA) is 37.4 Å². The molecular formula is C14H11BrCl2FNO2S. The van der Waals surface area contributed by atoms with Crippen LogP contribution in [0.3, 0.4) is 0 Å². The zero-order chi connectivity index (χ0) is 16.5. The van der Waals surface area contributed by atoms with Gasteiger partial charge in [0.2, 0.25) is 10.0 Å². The van der Waals surface area contributed by atoms with Crippen LogP contribution in [-0.4, -0.2) is 19.8 Å². The molecule has 2 aromatic carbocycles. The van der Waals surface area contributed by atoms with Crippen molar-refractivity contribution in [3.05, 3.63) is 62.3 Å². The van der Waals surface area contributed by atoms with E-state index in [1.165, 1.54) is 37.4 Å². The normalized spacial score (nSPS) is 11.9. The van der Waals surface area contributed by atoms with E-state index in [9.17, 15) is 12.8 Å². The first-order valence-electron chi connectivity index (χ1n) is 6.08. The quantitative estimate of drug-likeness (QED) is 0.709. The first kappa shape index (κ1) is 17.7. The maximum Gasteiger partial charge on any atom is 0.246 e. The average Bonchev–Trinajstić information content (AvgIpc) is 2.39. The average molecular weight is 427 g/mol. The van der Waals surface area contributed by atoms with Crippen molar-refractivity contribution in [2.45, 2.75) is 11.4 Å². The maximum absolute atomic E-state index is 13.7. The Morgan fingerprint density at radius 2 is 1.73 bits per heavy atom. The second-order valence-corrected chi connectivity index (χ2v) is 8.26. The number of rotatable bonds is 4. The van der Waals surface area contributed by atoms with Crippen LogP contribution in [0.15, 0.2) is 45.8 Å². The van der Waals surface area contributed by atoms with Crippen molar-refractivity contribution in [3.8, 4) is 0 Å². The molecule has 0 atom stereocenters. The van der Waals surface area contributed by atoms with E-state index in [-0.39, 0.29) is 27.0 Å². The lowest BCUT2D eigenvalue weighted by Gasteiger charge is -2.19. The fourth-order valence-electron chi connectivity index (χ4n) is 1.88. The molecule has 0 aliphatic rings. The Kier molecular flexibility index (Phi) is 5.50. The number of hydrogen-bond donors (Lipinski definition) is 0. The highest BCUT2D eigenvalue weighted by molar-refractivity contribution is 9.10. The molecule has 22 heavy (non-hydrogen) atoms. The first-order chi connectivity index (χ1) is 10.2. The molecule has 2 aromatic rings. The molecule has 3 nitrogen and oxygen atoms in total. The summed E-state index contributed by atoms with van der Waals surface area (Å²) in [5.41, 5.74) is 0.262. The zero-order valence-corrected chi connectivity index (χ0v) is 15.3. The van der Waals surface area contributed by atoms with Crippen LogP contribution in [0.2, 0.25) is 10.0 Å². The van der Waals surface area contributed by atoms with Crippen LogP contribution < -0.4 is 0 Å². The van der Waals surface area contributed by atoms with Crippen LogP contribution >= 0.6 is 39.1 Å². The first-order valence-corrected chi connectivity index (χ1v) is 9.06. The van der Waals surface area contributed by atoms with Gasteiger partial charge in [-0.05, 0) is 18.2 Å². The highest BCUT2D eigenvalue weighted by Gasteiger charge is 2.27. The van der Waals surface area contributed by atoms with Crippen LogP contribution in [0.5, 0.6) is 0 Å². The van der Waals surface area contributed by atoms with Crippen LogP contribution in [-0.2, 0) is 16.6 Å². The van der Waals surface area contributed by atoms with Gasteiger partial charge in [-0.15, -0.1) is 0 Å². The number of hydrogen-bond acceptors (Lipinski definition) is 2. The van der Waals surface area contributed by atoms with Gasteiger partial charge in [0.25, 0.3) is 0 Å². The molecule has 0 saturated carbocycles. The molecule has 0 amide bonds. The molecule has 0 aliphatic carbocycles. The van der Waals surface area contributed by atoms with E-state index in [4.69, 9.17) is 23.2 Å². The van der Waals surface area contributed by atoms with Gasteiger partial charge in [0.1, 0.15) is 10.7 Å². The summed E-state index contributed by atoms with van der Waals surface area (Å²) in [6.45, 7) is -0.127. The molecule has 0 heterocycles. The van der Waals surface area contributed by atoms with Crippen molar-refractivity contribution in [2.24, 2.45) is 0 Å². The van der Waals surface area contributed by atoms with Gasteiger partial charge in [-0.1, -0.05) is 57.3 Å². The minimum atomic E-state index is -3.95. The lowest BCUT2D eigenvalue weighted by Crippen LogP contribution is -2.27. The third-order valence-corrected chi connectivity index (χ3v) is 6.17. The predicted octanol–water partition coefficient (Wildman–Crippen LogP) is 4.72. The minimum Gasteiger partial charge on any atom is -0.207 e. The van der Waals surface area contributed by atoms with Gasteiger partial charge in [0.15, 0.2) is 0 Å². The van der Waals surface area contributed by atoms with E-state index in [0.29, 0.717) is 4.47 Å². The highest BCUT2D eigenvalue weighted by atomic mass is 79.9. The summed E-state index contributed by atoms with van der Waals surface area (Å²) >= 11 is 15.2. The largest absolute Gasteiger partial charge is 0.246 e. The molecule has 0 spiro atoms. The van der Waals surface area contributed by atoms with Gasteiger partial charge in [-0.2, -0.15) is 4.31 Å². The summed E-state index contributed by atoms with van der Waals surface area (Å²) in [7, 11) is -2.61. The van der Waals surface area contributed by atoms with Gasteiger partial charge in [0, 0.05) is 23.6 Å². The molecule has 0 unspecified atom stereocenters. The molecule has 8 heteroatoms. The van der Waals surface area contributed by atoms with Crippen LogP contribution in [0.1, 0.15) is 5.56 Å². The Bertz CT molecular complexity index is 791. The molecule has 0 N–H and O–H groups in total. The zero-order valence-electron chi connectivity index (χ0n) is 11.4. The van der Waals surface area contributed by atoms with Crippen molar-refractivity contribution in [2.75, 3.05) is 7.05 Å². The molecule has 0 saturated heterocycles. The molecule has 0 aliphatic heterocycles. The molecule has 0 bridgehead atoms. The number of sulfonamides is 1. The predicted molar refractivity (Wildman–Crippen MR) is 89.2 cm³/mol. The van der Waals surface area contributed by atoms with Gasteiger partial charge < -0.3 is 0 Å². The van der Waals surface area contributed by atoms with E-state index in [1.54, 1.807) is 6.07 Å². The lowest BCUT2D eigenvalue weighted by atomic mass is 10.2. The Balaban J connectivity index is 2.41. The van der Waals surface area contributed by atoms with Crippen LogP contribution in [0.25, 0.3) is 0 Å². The lowest BCUT2D eigenvalue weighted by molar-refractivity contribution is 0.456. The van der Waals surface area contributed by atoms with Crippen LogP contribution in [0, 0.1) is 5.82 Å². The van der Waals surface area contributed by atoms with E-state index in [1.807, 2.05) is 0 Å². The fourth-order valence-corrected chi connectivity index (χ4v) is 4.91. The van der Waals surface area contributed by atoms with E-state index in [2.05, 4.69) is 15.9 Å². The van der Waals surface area contributed by atoms with Crippen molar-refractivity contribution in [3.63, 3.8) is 0 Å². The molecular weight excluding hydrogens is 416 g/mol.